The highest BCUT2D eigenvalue weighted by atomic mass is 79.9. The van der Waals surface area contributed by atoms with Crippen molar-refractivity contribution in [2.75, 3.05) is 11.9 Å². The smallest absolute Gasteiger partial charge is 0.255 e. The summed E-state index contributed by atoms with van der Waals surface area (Å²) in [6.45, 7) is 0.609. The molecule has 1 aromatic carbocycles. The molecular weight excluding hydrogens is 322 g/mol. The van der Waals surface area contributed by atoms with Crippen LogP contribution in [0.3, 0.4) is 0 Å². The number of hydrogen-bond donors (Lipinski definition) is 3. The SMILES string of the molecule is O=C(NCC1(CBr)CCCCC1)c1ccc(O)cc1O. The second kappa shape index (κ2) is 6.48. The summed E-state index contributed by atoms with van der Waals surface area (Å²) in [5.41, 5.74) is 0.323. The fraction of sp³-hybridized carbons (Fsp3) is 0.533. The molecule has 0 heterocycles. The van der Waals surface area contributed by atoms with Gasteiger partial charge in [-0.05, 0) is 30.4 Å². The predicted octanol–water partition coefficient (Wildman–Crippen LogP) is 3.17. The van der Waals surface area contributed by atoms with E-state index in [1.807, 2.05) is 0 Å². The molecule has 4 nitrogen and oxygen atoms in total. The van der Waals surface area contributed by atoms with Gasteiger partial charge in [0, 0.05) is 17.9 Å². The molecule has 0 atom stereocenters. The number of rotatable bonds is 4. The highest BCUT2D eigenvalue weighted by Gasteiger charge is 2.31. The minimum absolute atomic E-state index is 0.0525. The molecular formula is C15H20BrNO3. The van der Waals surface area contributed by atoms with Crippen molar-refractivity contribution in [3.05, 3.63) is 23.8 Å². The first kappa shape index (κ1) is 15.2. The number of benzene rings is 1. The van der Waals surface area contributed by atoms with Gasteiger partial charge < -0.3 is 15.5 Å². The summed E-state index contributed by atoms with van der Waals surface area (Å²) >= 11 is 3.56. The Kier molecular flexibility index (Phi) is 4.91. The molecule has 2 rings (SSSR count). The Hall–Kier alpha value is -1.23. The number of amides is 1. The number of carbonyl (C=O) groups is 1. The molecule has 0 unspecified atom stereocenters. The van der Waals surface area contributed by atoms with E-state index < -0.39 is 0 Å². The maximum Gasteiger partial charge on any atom is 0.255 e. The fourth-order valence-electron chi connectivity index (χ4n) is 2.73. The Morgan fingerprint density at radius 2 is 1.95 bits per heavy atom. The van der Waals surface area contributed by atoms with Gasteiger partial charge >= 0.3 is 0 Å². The highest BCUT2D eigenvalue weighted by molar-refractivity contribution is 9.09. The van der Waals surface area contributed by atoms with Gasteiger partial charge in [-0.1, -0.05) is 35.2 Å². The van der Waals surface area contributed by atoms with Gasteiger partial charge in [0.2, 0.25) is 0 Å². The molecule has 110 valence electrons. The van der Waals surface area contributed by atoms with Crippen molar-refractivity contribution in [3.8, 4) is 11.5 Å². The van der Waals surface area contributed by atoms with E-state index in [1.165, 1.54) is 37.5 Å². The first-order valence-electron chi connectivity index (χ1n) is 6.92. The maximum atomic E-state index is 12.1. The standard InChI is InChI=1S/C15H20BrNO3/c16-9-15(6-2-1-3-7-15)10-17-14(20)12-5-4-11(18)8-13(12)19/h4-5,8,18-19H,1-3,6-7,9-10H2,(H,17,20). The number of aromatic hydroxyl groups is 2. The molecule has 0 saturated heterocycles. The van der Waals surface area contributed by atoms with Crippen LogP contribution in [0.2, 0.25) is 0 Å². The predicted molar refractivity (Wildman–Crippen MR) is 81.4 cm³/mol. The summed E-state index contributed by atoms with van der Waals surface area (Å²) in [5, 5.41) is 22.7. The molecule has 0 aliphatic heterocycles. The molecule has 20 heavy (non-hydrogen) atoms. The minimum atomic E-state index is -0.298. The third-order valence-electron chi connectivity index (χ3n) is 4.05. The van der Waals surface area contributed by atoms with E-state index >= 15 is 0 Å². The zero-order chi connectivity index (χ0) is 14.6. The van der Waals surface area contributed by atoms with Crippen LogP contribution >= 0.6 is 15.9 Å². The van der Waals surface area contributed by atoms with Crippen molar-refractivity contribution < 1.29 is 15.0 Å². The Morgan fingerprint density at radius 3 is 2.55 bits per heavy atom. The van der Waals surface area contributed by atoms with Crippen molar-refractivity contribution in [1.29, 1.82) is 0 Å². The molecule has 3 N–H and O–H groups in total. The van der Waals surface area contributed by atoms with Crippen LogP contribution in [0.1, 0.15) is 42.5 Å². The van der Waals surface area contributed by atoms with Crippen molar-refractivity contribution in [2.24, 2.45) is 5.41 Å². The van der Waals surface area contributed by atoms with Crippen LogP contribution in [-0.4, -0.2) is 28.0 Å². The van der Waals surface area contributed by atoms with Crippen LogP contribution in [0.5, 0.6) is 11.5 Å². The summed E-state index contributed by atoms with van der Waals surface area (Å²) < 4.78 is 0. The average molecular weight is 342 g/mol. The lowest BCUT2D eigenvalue weighted by Gasteiger charge is -2.35. The highest BCUT2D eigenvalue weighted by Crippen LogP contribution is 2.37. The Morgan fingerprint density at radius 1 is 1.25 bits per heavy atom. The lowest BCUT2D eigenvalue weighted by molar-refractivity contribution is 0.0919. The van der Waals surface area contributed by atoms with E-state index in [1.54, 1.807) is 0 Å². The largest absolute Gasteiger partial charge is 0.508 e. The third kappa shape index (κ3) is 3.45. The van der Waals surface area contributed by atoms with Crippen LogP contribution in [0.25, 0.3) is 0 Å². The molecule has 0 bridgehead atoms. The van der Waals surface area contributed by atoms with Crippen molar-refractivity contribution in [2.45, 2.75) is 32.1 Å². The second-order valence-electron chi connectivity index (χ2n) is 5.58. The van der Waals surface area contributed by atoms with E-state index in [4.69, 9.17) is 0 Å². The van der Waals surface area contributed by atoms with Gasteiger partial charge in [-0.15, -0.1) is 0 Å². The lowest BCUT2D eigenvalue weighted by atomic mass is 9.75. The summed E-state index contributed by atoms with van der Waals surface area (Å²) in [4.78, 5) is 12.1. The topological polar surface area (TPSA) is 69.6 Å². The zero-order valence-electron chi connectivity index (χ0n) is 11.4. The van der Waals surface area contributed by atoms with Crippen molar-refractivity contribution >= 4 is 21.8 Å². The molecule has 1 aliphatic rings. The van der Waals surface area contributed by atoms with Crippen molar-refractivity contribution in [3.63, 3.8) is 0 Å². The molecule has 0 radical (unpaired) electrons. The number of carbonyl (C=O) groups excluding carboxylic acids is 1. The summed E-state index contributed by atoms with van der Waals surface area (Å²) in [6, 6.07) is 4.01. The quantitative estimate of drug-likeness (QED) is 0.736. The molecule has 5 heteroatoms. The van der Waals surface area contributed by atoms with Gasteiger partial charge in [-0.3, -0.25) is 4.79 Å². The van der Waals surface area contributed by atoms with Gasteiger partial charge in [0.1, 0.15) is 11.5 Å². The molecule has 1 amide bonds. The lowest BCUT2D eigenvalue weighted by Crippen LogP contribution is -2.40. The second-order valence-corrected chi connectivity index (χ2v) is 6.14. The molecule has 0 aromatic heterocycles. The number of nitrogens with one attached hydrogen (secondary N) is 1. The Balaban J connectivity index is 2.00. The molecule has 1 fully saturated rings. The van der Waals surface area contributed by atoms with E-state index in [0.717, 1.165) is 18.2 Å². The average Bonchev–Trinajstić information content (AvgIpc) is 2.46. The molecule has 1 saturated carbocycles. The summed E-state index contributed by atoms with van der Waals surface area (Å²) in [7, 11) is 0. The van der Waals surface area contributed by atoms with Crippen LogP contribution < -0.4 is 5.32 Å². The number of alkyl halides is 1. The van der Waals surface area contributed by atoms with Crippen LogP contribution in [0, 0.1) is 5.41 Å². The fourth-order valence-corrected chi connectivity index (χ4v) is 3.49. The number of phenols is 2. The van der Waals surface area contributed by atoms with E-state index in [9.17, 15) is 15.0 Å². The maximum absolute atomic E-state index is 12.1. The minimum Gasteiger partial charge on any atom is -0.508 e. The van der Waals surface area contributed by atoms with Gasteiger partial charge in [0.15, 0.2) is 0 Å². The number of halogens is 1. The van der Waals surface area contributed by atoms with Gasteiger partial charge in [0.05, 0.1) is 5.56 Å². The van der Waals surface area contributed by atoms with Crippen LogP contribution in [0.4, 0.5) is 0 Å². The summed E-state index contributed by atoms with van der Waals surface area (Å²) in [6.07, 6.45) is 5.89. The Labute approximate surface area is 127 Å². The number of phenolic OH excluding ortho intramolecular Hbond substituents is 2. The normalized spacial score (nSPS) is 17.6. The summed E-state index contributed by atoms with van der Waals surface area (Å²) in [5.74, 6) is -0.546. The monoisotopic (exact) mass is 341 g/mol. The first-order valence-corrected chi connectivity index (χ1v) is 8.05. The molecule has 1 aliphatic carbocycles. The third-order valence-corrected chi connectivity index (χ3v) is 5.24. The zero-order valence-corrected chi connectivity index (χ0v) is 12.9. The van der Waals surface area contributed by atoms with Gasteiger partial charge in [-0.25, -0.2) is 0 Å². The van der Waals surface area contributed by atoms with E-state index in [0.29, 0.717) is 6.54 Å². The van der Waals surface area contributed by atoms with Crippen molar-refractivity contribution in [1.82, 2.24) is 5.32 Å². The van der Waals surface area contributed by atoms with Crippen LogP contribution in [-0.2, 0) is 0 Å². The van der Waals surface area contributed by atoms with E-state index in [-0.39, 0.29) is 28.4 Å². The van der Waals surface area contributed by atoms with Gasteiger partial charge in [0.25, 0.3) is 5.91 Å². The first-order chi connectivity index (χ1) is 9.56. The Bertz CT molecular complexity index is 484. The van der Waals surface area contributed by atoms with E-state index in [2.05, 4.69) is 21.2 Å². The molecule has 0 spiro atoms. The number of hydrogen-bond acceptors (Lipinski definition) is 3. The van der Waals surface area contributed by atoms with Gasteiger partial charge in [-0.2, -0.15) is 0 Å². The van der Waals surface area contributed by atoms with Crippen LogP contribution in [0.15, 0.2) is 18.2 Å². The molecule has 1 aromatic rings.